The third-order valence-electron chi connectivity index (χ3n) is 3.22. The Morgan fingerprint density at radius 3 is 2.32 bits per heavy atom. The van der Waals surface area contributed by atoms with Gasteiger partial charge in [-0.2, -0.15) is 0 Å². The van der Waals surface area contributed by atoms with Crippen molar-refractivity contribution in [3.05, 3.63) is 35.4 Å². The van der Waals surface area contributed by atoms with Crippen molar-refractivity contribution in [1.82, 2.24) is 15.5 Å². The number of carbonyl (C=O) groups is 2. The van der Waals surface area contributed by atoms with E-state index in [1.807, 2.05) is 19.1 Å². The maximum Gasteiger partial charge on any atom is 0.307 e. The van der Waals surface area contributed by atoms with E-state index < -0.39 is 0 Å². The largest absolute Gasteiger partial charge is 0.469 e. The van der Waals surface area contributed by atoms with Crippen LogP contribution in [0.2, 0.25) is 0 Å². The SMILES string of the molecule is CCNC(=NCc1ccc(C(=O)N(C)C)cc1)NCCC(=O)OC.I. The van der Waals surface area contributed by atoms with E-state index in [4.69, 9.17) is 0 Å². The van der Waals surface area contributed by atoms with E-state index in [0.717, 1.165) is 12.1 Å². The van der Waals surface area contributed by atoms with Gasteiger partial charge in [-0.3, -0.25) is 9.59 Å². The van der Waals surface area contributed by atoms with Crippen molar-refractivity contribution in [3.63, 3.8) is 0 Å². The Kier molecular flexibility index (Phi) is 11.6. The van der Waals surface area contributed by atoms with Crippen LogP contribution in [0.1, 0.15) is 29.3 Å². The van der Waals surface area contributed by atoms with Crippen LogP contribution in [0, 0.1) is 0 Å². The molecule has 0 spiro atoms. The molecule has 0 saturated carbocycles. The van der Waals surface area contributed by atoms with E-state index in [1.165, 1.54) is 7.11 Å². The molecule has 0 heterocycles. The fourth-order valence-corrected chi connectivity index (χ4v) is 1.91. The minimum Gasteiger partial charge on any atom is -0.469 e. The van der Waals surface area contributed by atoms with Gasteiger partial charge in [0.25, 0.3) is 5.91 Å². The second-order valence-electron chi connectivity index (χ2n) is 5.34. The summed E-state index contributed by atoms with van der Waals surface area (Å²) in [6.07, 6.45) is 0.280. The number of halogens is 1. The predicted molar refractivity (Wildman–Crippen MR) is 109 cm³/mol. The smallest absolute Gasteiger partial charge is 0.307 e. The first-order valence-electron chi connectivity index (χ1n) is 7.87. The number of ether oxygens (including phenoxy) is 1. The molecule has 0 atom stereocenters. The number of benzene rings is 1. The van der Waals surface area contributed by atoms with Gasteiger partial charge in [-0.25, -0.2) is 4.99 Å². The molecule has 1 amide bonds. The molecule has 25 heavy (non-hydrogen) atoms. The van der Waals surface area contributed by atoms with Crippen LogP contribution in [-0.4, -0.2) is 57.0 Å². The van der Waals surface area contributed by atoms with E-state index in [1.54, 1.807) is 31.1 Å². The van der Waals surface area contributed by atoms with Gasteiger partial charge in [-0.05, 0) is 24.6 Å². The van der Waals surface area contributed by atoms with Crippen LogP contribution in [0.15, 0.2) is 29.3 Å². The number of guanidine groups is 1. The molecule has 1 aromatic carbocycles. The summed E-state index contributed by atoms with van der Waals surface area (Å²) in [7, 11) is 4.82. The number of hydrogen-bond acceptors (Lipinski definition) is 4. The molecule has 0 aliphatic heterocycles. The first kappa shape index (κ1) is 23.2. The molecule has 0 aliphatic rings. The third kappa shape index (κ3) is 8.71. The summed E-state index contributed by atoms with van der Waals surface area (Å²) in [5.74, 6) is 0.345. The van der Waals surface area contributed by atoms with Crippen molar-refractivity contribution >= 4 is 41.8 Å². The monoisotopic (exact) mass is 462 g/mol. The minimum absolute atomic E-state index is 0. The van der Waals surface area contributed by atoms with Crippen LogP contribution in [-0.2, 0) is 16.1 Å². The van der Waals surface area contributed by atoms with Crippen LogP contribution < -0.4 is 10.6 Å². The van der Waals surface area contributed by atoms with Crippen LogP contribution in [0.3, 0.4) is 0 Å². The highest BCUT2D eigenvalue weighted by Crippen LogP contribution is 2.07. The molecule has 1 rings (SSSR count). The molecule has 7 nitrogen and oxygen atoms in total. The minimum atomic E-state index is -0.264. The molecule has 140 valence electrons. The Morgan fingerprint density at radius 2 is 1.80 bits per heavy atom. The highest BCUT2D eigenvalue weighted by atomic mass is 127. The Hall–Kier alpha value is -1.84. The van der Waals surface area contributed by atoms with Crippen LogP contribution in [0.25, 0.3) is 0 Å². The third-order valence-corrected chi connectivity index (χ3v) is 3.22. The van der Waals surface area contributed by atoms with E-state index in [2.05, 4.69) is 20.4 Å². The first-order chi connectivity index (χ1) is 11.5. The van der Waals surface area contributed by atoms with Crippen molar-refractivity contribution in [2.75, 3.05) is 34.3 Å². The fraction of sp³-hybridized carbons (Fsp3) is 0.471. The van der Waals surface area contributed by atoms with Crippen LogP contribution >= 0.6 is 24.0 Å². The van der Waals surface area contributed by atoms with E-state index >= 15 is 0 Å². The summed E-state index contributed by atoms with van der Waals surface area (Å²) in [4.78, 5) is 29.0. The fourth-order valence-electron chi connectivity index (χ4n) is 1.91. The van der Waals surface area contributed by atoms with Gasteiger partial charge < -0.3 is 20.3 Å². The zero-order chi connectivity index (χ0) is 17.9. The maximum absolute atomic E-state index is 11.8. The van der Waals surface area contributed by atoms with Crippen LogP contribution in [0.4, 0.5) is 0 Å². The molecule has 8 heteroatoms. The molecule has 0 saturated heterocycles. The lowest BCUT2D eigenvalue weighted by Crippen LogP contribution is -2.38. The summed E-state index contributed by atoms with van der Waals surface area (Å²) in [6.45, 7) is 3.62. The average molecular weight is 462 g/mol. The lowest BCUT2D eigenvalue weighted by atomic mass is 10.1. The summed E-state index contributed by atoms with van der Waals surface area (Å²) >= 11 is 0. The number of carbonyl (C=O) groups excluding carboxylic acids is 2. The van der Waals surface area contributed by atoms with Crippen molar-refractivity contribution in [2.45, 2.75) is 19.9 Å². The average Bonchev–Trinajstić information content (AvgIpc) is 2.59. The number of nitrogens with zero attached hydrogens (tertiary/aromatic N) is 2. The summed E-state index contributed by atoms with van der Waals surface area (Å²) in [5, 5.41) is 6.19. The van der Waals surface area contributed by atoms with Crippen LogP contribution in [0.5, 0.6) is 0 Å². The number of aliphatic imine (C=N–C) groups is 1. The normalized spacial score (nSPS) is 10.5. The molecular weight excluding hydrogens is 435 g/mol. The second kappa shape index (κ2) is 12.5. The van der Waals surface area contributed by atoms with Gasteiger partial charge in [0.05, 0.1) is 20.1 Å². The lowest BCUT2D eigenvalue weighted by Gasteiger charge is -2.11. The van der Waals surface area contributed by atoms with E-state index in [-0.39, 0.29) is 42.3 Å². The second-order valence-corrected chi connectivity index (χ2v) is 5.34. The zero-order valence-corrected chi connectivity index (χ0v) is 17.5. The number of hydrogen-bond donors (Lipinski definition) is 2. The van der Waals surface area contributed by atoms with Gasteiger partial charge in [-0.1, -0.05) is 12.1 Å². The quantitative estimate of drug-likeness (QED) is 0.279. The Morgan fingerprint density at radius 1 is 1.16 bits per heavy atom. The van der Waals surface area contributed by atoms with Crippen molar-refractivity contribution in [2.24, 2.45) is 4.99 Å². The molecule has 0 aliphatic carbocycles. The number of methoxy groups -OCH3 is 1. The number of amides is 1. The molecule has 0 radical (unpaired) electrons. The van der Waals surface area contributed by atoms with Gasteiger partial charge in [0, 0.05) is 32.7 Å². The van der Waals surface area contributed by atoms with Gasteiger partial charge in [-0.15, -0.1) is 24.0 Å². The molecular formula is C17H27IN4O3. The molecule has 0 unspecified atom stereocenters. The Bertz CT molecular complexity index is 574. The summed E-state index contributed by atoms with van der Waals surface area (Å²) in [6, 6.07) is 7.37. The lowest BCUT2D eigenvalue weighted by molar-refractivity contribution is -0.140. The Balaban J connectivity index is 0.00000576. The summed E-state index contributed by atoms with van der Waals surface area (Å²) < 4.78 is 4.60. The van der Waals surface area contributed by atoms with Crippen molar-refractivity contribution < 1.29 is 14.3 Å². The molecule has 0 aromatic heterocycles. The van der Waals surface area contributed by atoms with Crippen molar-refractivity contribution in [1.29, 1.82) is 0 Å². The molecule has 0 bridgehead atoms. The highest BCUT2D eigenvalue weighted by Gasteiger charge is 2.07. The summed E-state index contributed by atoms with van der Waals surface area (Å²) in [5.41, 5.74) is 1.64. The van der Waals surface area contributed by atoms with Gasteiger partial charge in [0.1, 0.15) is 0 Å². The van der Waals surface area contributed by atoms with E-state index in [9.17, 15) is 9.59 Å². The van der Waals surface area contributed by atoms with E-state index in [0.29, 0.717) is 24.6 Å². The molecule has 1 aromatic rings. The number of rotatable bonds is 7. The predicted octanol–water partition coefficient (Wildman–Crippen LogP) is 1.62. The van der Waals surface area contributed by atoms with Gasteiger partial charge in [0.15, 0.2) is 5.96 Å². The van der Waals surface area contributed by atoms with Gasteiger partial charge in [0.2, 0.25) is 0 Å². The number of nitrogens with one attached hydrogen (secondary N) is 2. The topological polar surface area (TPSA) is 83.0 Å². The Labute approximate surface area is 166 Å². The maximum atomic E-state index is 11.8. The van der Waals surface area contributed by atoms with Crippen molar-refractivity contribution in [3.8, 4) is 0 Å². The molecule has 2 N–H and O–H groups in total. The number of esters is 1. The first-order valence-corrected chi connectivity index (χ1v) is 7.87. The highest BCUT2D eigenvalue weighted by molar-refractivity contribution is 14.0. The zero-order valence-electron chi connectivity index (χ0n) is 15.2. The van der Waals surface area contributed by atoms with Gasteiger partial charge >= 0.3 is 5.97 Å². The standard InChI is InChI=1S/C17H26N4O3.HI/c1-5-18-17(19-11-10-15(22)24-4)20-12-13-6-8-14(9-7-13)16(23)21(2)3;/h6-9H,5,10-12H2,1-4H3,(H2,18,19,20);1H. The molecule has 0 fully saturated rings.